The molecule has 1 aromatic carbocycles. The topological polar surface area (TPSA) is 53.4 Å². The first-order valence-electron chi connectivity index (χ1n) is 6.30. The number of carbonyl (C=O) groups excluding carboxylic acids is 1. The third-order valence-electron chi connectivity index (χ3n) is 3.35. The Hall–Kier alpha value is -2.06. The number of aliphatic hydroxyl groups is 1. The van der Waals surface area contributed by atoms with E-state index in [-0.39, 0.29) is 16.4 Å². The normalized spacial score (nSPS) is 18.1. The summed E-state index contributed by atoms with van der Waals surface area (Å²) in [6.07, 6.45) is -3.48. The van der Waals surface area contributed by atoms with E-state index in [0.29, 0.717) is 0 Å². The van der Waals surface area contributed by atoms with Crippen LogP contribution >= 0.6 is 22.9 Å². The molecule has 1 aromatic heterocycles. The SMILES string of the molecule is O=C(Cl)C1=C(O)c2ccccc2N(c2nccs2)C1C(F)(F)F. The fourth-order valence-corrected chi connectivity index (χ4v) is 3.36. The lowest BCUT2D eigenvalue weighted by Gasteiger charge is -2.38. The van der Waals surface area contributed by atoms with Crippen LogP contribution in [0.4, 0.5) is 24.0 Å². The highest BCUT2D eigenvalue weighted by atomic mass is 35.5. The Morgan fingerprint density at radius 2 is 2.04 bits per heavy atom. The van der Waals surface area contributed by atoms with E-state index in [1.54, 1.807) is 6.07 Å². The number of rotatable bonds is 2. The van der Waals surface area contributed by atoms with Crippen LogP contribution in [0.1, 0.15) is 5.56 Å². The highest BCUT2D eigenvalue weighted by Crippen LogP contribution is 2.47. The van der Waals surface area contributed by atoms with Crippen molar-refractivity contribution in [2.45, 2.75) is 12.2 Å². The van der Waals surface area contributed by atoms with Crippen molar-refractivity contribution in [1.29, 1.82) is 0 Å². The number of nitrogens with zero attached hydrogens (tertiary/aromatic N) is 2. The molecule has 3 rings (SSSR count). The number of carbonyl (C=O) groups is 1. The number of fused-ring (bicyclic) bond motifs is 1. The van der Waals surface area contributed by atoms with Gasteiger partial charge in [-0.2, -0.15) is 13.2 Å². The molecule has 9 heteroatoms. The average Bonchev–Trinajstić information content (AvgIpc) is 2.99. The molecule has 1 N–H and O–H groups in total. The predicted molar refractivity (Wildman–Crippen MR) is 80.9 cm³/mol. The van der Waals surface area contributed by atoms with Gasteiger partial charge in [0.25, 0.3) is 5.24 Å². The van der Waals surface area contributed by atoms with Crippen molar-refractivity contribution < 1.29 is 23.1 Å². The second kappa shape index (κ2) is 5.54. The van der Waals surface area contributed by atoms with Crippen LogP contribution < -0.4 is 4.90 Å². The number of para-hydroxylation sites is 1. The van der Waals surface area contributed by atoms with Gasteiger partial charge in [-0.25, -0.2) is 4.98 Å². The van der Waals surface area contributed by atoms with Crippen LogP contribution in [0.15, 0.2) is 41.4 Å². The molecule has 4 nitrogen and oxygen atoms in total. The highest BCUT2D eigenvalue weighted by molar-refractivity contribution is 7.13. The molecule has 0 aliphatic carbocycles. The minimum atomic E-state index is -4.84. The molecule has 0 radical (unpaired) electrons. The smallest absolute Gasteiger partial charge is 0.413 e. The summed E-state index contributed by atoms with van der Waals surface area (Å²) in [4.78, 5) is 16.4. The Morgan fingerprint density at radius 1 is 1.35 bits per heavy atom. The monoisotopic (exact) mass is 360 g/mol. The summed E-state index contributed by atoms with van der Waals surface area (Å²) in [5, 5.41) is 10.4. The summed E-state index contributed by atoms with van der Waals surface area (Å²) >= 11 is 6.33. The van der Waals surface area contributed by atoms with Gasteiger partial charge in [0, 0.05) is 17.1 Å². The number of thiazole rings is 1. The molecule has 2 aromatic rings. The van der Waals surface area contributed by atoms with Crippen LogP contribution in [0.5, 0.6) is 0 Å². The number of aromatic nitrogens is 1. The molecule has 120 valence electrons. The largest absolute Gasteiger partial charge is 0.507 e. The highest BCUT2D eigenvalue weighted by Gasteiger charge is 2.53. The van der Waals surface area contributed by atoms with Crippen LogP contribution in [0.25, 0.3) is 5.76 Å². The lowest BCUT2D eigenvalue weighted by Crippen LogP contribution is -2.48. The van der Waals surface area contributed by atoms with Crippen molar-refractivity contribution in [1.82, 2.24) is 4.98 Å². The Balaban J connectivity index is 2.34. The summed E-state index contributed by atoms with van der Waals surface area (Å²) in [5.41, 5.74) is -0.718. The van der Waals surface area contributed by atoms with Gasteiger partial charge in [0.1, 0.15) is 5.76 Å². The van der Waals surface area contributed by atoms with Crippen molar-refractivity contribution in [2.75, 3.05) is 4.90 Å². The second-order valence-corrected chi connectivity index (χ2v) is 5.90. The number of benzene rings is 1. The second-order valence-electron chi connectivity index (χ2n) is 4.68. The molecule has 0 amide bonds. The van der Waals surface area contributed by atoms with Gasteiger partial charge in [-0.15, -0.1) is 11.3 Å². The molecular formula is C14H8ClF3N2O2S. The summed E-state index contributed by atoms with van der Waals surface area (Å²) in [6, 6.07) is 3.50. The first-order valence-corrected chi connectivity index (χ1v) is 7.56. The summed E-state index contributed by atoms with van der Waals surface area (Å²) < 4.78 is 40.9. The molecule has 0 fully saturated rings. The number of aliphatic hydroxyl groups excluding tert-OH is 1. The van der Waals surface area contributed by atoms with Crippen LogP contribution in [0, 0.1) is 0 Å². The fraction of sp³-hybridized carbons (Fsp3) is 0.143. The summed E-state index contributed by atoms with van der Waals surface area (Å²) in [7, 11) is 0. The Morgan fingerprint density at radius 3 is 2.61 bits per heavy atom. The van der Waals surface area contributed by atoms with E-state index in [2.05, 4.69) is 4.98 Å². The minimum Gasteiger partial charge on any atom is -0.507 e. The van der Waals surface area contributed by atoms with Crippen molar-refractivity contribution in [2.24, 2.45) is 0 Å². The number of hydrogen-bond acceptors (Lipinski definition) is 5. The standard InChI is InChI=1S/C14H8ClF3N2O2S/c15-12(22)9-10(21)7-3-1-2-4-8(7)20(11(9)14(16,17)18)13-19-5-6-23-13/h1-6,11,21H. The van der Waals surface area contributed by atoms with Gasteiger partial charge in [-0.05, 0) is 23.7 Å². The molecule has 0 spiro atoms. The molecule has 23 heavy (non-hydrogen) atoms. The van der Waals surface area contributed by atoms with Crippen LogP contribution in [0.2, 0.25) is 0 Å². The van der Waals surface area contributed by atoms with E-state index in [0.717, 1.165) is 16.2 Å². The van der Waals surface area contributed by atoms with Gasteiger partial charge >= 0.3 is 6.18 Å². The molecule has 0 saturated heterocycles. The number of anilines is 2. The van der Waals surface area contributed by atoms with Gasteiger partial charge in [-0.3, -0.25) is 4.79 Å². The van der Waals surface area contributed by atoms with Gasteiger partial charge in [0.2, 0.25) is 0 Å². The van der Waals surface area contributed by atoms with Crippen molar-refractivity contribution in [3.63, 3.8) is 0 Å². The Bertz CT molecular complexity index is 790. The van der Waals surface area contributed by atoms with Gasteiger partial charge in [0.15, 0.2) is 11.2 Å². The molecule has 1 aliphatic heterocycles. The van der Waals surface area contributed by atoms with E-state index >= 15 is 0 Å². The lowest BCUT2D eigenvalue weighted by molar-refractivity contribution is -0.142. The Labute approximate surface area is 137 Å². The van der Waals surface area contributed by atoms with Gasteiger partial charge < -0.3 is 10.0 Å². The molecule has 1 unspecified atom stereocenters. The van der Waals surface area contributed by atoms with Crippen molar-refractivity contribution in [3.05, 3.63) is 47.0 Å². The van der Waals surface area contributed by atoms with E-state index in [4.69, 9.17) is 11.6 Å². The number of halogens is 4. The van der Waals surface area contributed by atoms with Crippen molar-refractivity contribution >= 4 is 44.8 Å². The van der Waals surface area contributed by atoms with E-state index in [9.17, 15) is 23.1 Å². The van der Waals surface area contributed by atoms with Crippen LogP contribution in [-0.2, 0) is 4.79 Å². The first kappa shape index (κ1) is 15.8. The molecule has 1 aliphatic rings. The molecule has 1 atom stereocenters. The third kappa shape index (κ3) is 2.57. The molecule has 0 saturated carbocycles. The number of alkyl halides is 3. The zero-order valence-corrected chi connectivity index (χ0v) is 12.8. The number of hydrogen-bond donors (Lipinski definition) is 1. The maximum atomic E-state index is 13.6. The fourth-order valence-electron chi connectivity index (χ4n) is 2.49. The maximum Gasteiger partial charge on any atom is 0.413 e. The first-order chi connectivity index (χ1) is 10.8. The van der Waals surface area contributed by atoms with Crippen molar-refractivity contribution in [3.8, 4) is 0 Å². The third-order valence-corrected chi connectivity index (χ3v) is 4.33. The average molecular weight is 361 g/mol. The minimum absolute atomic E-state index is 0.0442. The van der Waals surface area contributed by atoms with E-state index in [1.165, 1.54) is 29.8 Å². The van der Waals surface area contributed by atoms with E-state index in [1.807, 2.05) is 0 Å². The Kier molecular flexibility index (Phi) is 3.81. The van der Waals surface area contributed by atoms with Crippen LogP contribution in [-0.4, -0.2) is 27.6 Å². The lowest BCUT2D eigenvalue weighted by atomic mass is 9.94. The summed E-state index contributed by atoms with van der Waals surface area (Å²) in [5.74, 6) is -0.768. The van der Waals surface area contributed by atoms with Gasteiger partial charge in [-0.1, -0.05) is 12.1 Å². The predicted octanol–water partition coefficient (Wildman–Crippen LogP) is 4.26. The maximum absolute atomic E-state index is 13.6. The van der Waals surface area contributed by atoms with Crippen LogP contribution in [0.3, 0.4) is 0 Å². The molecule has 2 heterocycles. The zero-order chi connectivity index (χ0) is 16.8. The van der Waals surface area contributed by atoms with E-state index < -0.39 is 28.8 Å². The molecule has 0 bridgehead atoms. The van der Waals surface area contributed by atoms with Gasteiger partial charge in [0.05, 0.1) is 11.3 Å². The molecular weight excluding hydrogens is 353 g/mol. The zero-order valence-electron chi connectivity index (χ0n) is 11.2. The quantitative estimate of drug-likeness (QED) is 0.813. The summed E-state index contributed by atoms with van der Waals surface area (Å²) in [6.45, 7) is 0.